The van der Waals surface area contributed by atoms with Gasteiger partial charge in [-0.3, -0.25) is 0 Å². The van der Waals surface area contributed by atoms with E-state index < -0.39 is 0 Å². The van der Waals surface area contributed by atoms with Crippen molar-refractivity contribution in [2.24, 2.45) is 5.41 Å². The van der Waals surface area contributed by atoms with Crippen molar-refractivity contribution in [3.05, 3.63) is 18.2 Å². The summed E-state index contributed by atoms with van der Waals surface area (Å²) >= 11 is 0. The van der Waals surface area contributed by atoms with Crippen molar-refractivity contribution in [3.63, 3.8) is 0 Å². The van der Waals surface area contributed by atoms with E-state index in [0.29, 0.717) is 11.4 Å². The average molecular weight is 208 g/mol. The number of ether oxygens (including phenoxy) is 1. The minimum atomic E-state index is 0.232. The summed E-state index contributed by atoms with van der Waals surface area (Å²) in [5, 5.41) is 3.32. The van der Waals surface area contributed by atoms with Crippen molar-refractivity contribution in [2.45, 2.75) is 20.8 Å². The summed E-state index contributed by atoms with van der Waals surface area (Å²) in [6, 6.07) is 5.75. The first kappa shape index (κ1) is 11.7. The maximum atomic E-state index is 5.94. The Morgan fingerprint density at radius 2 is 2.00 bits per heavy atom. The molecular weight excluding hydrogens is 188 g/mol. The fourth-order valence-corrected chi connectivity index (χ4v) is 1.24. The molecule has 0 aromatic heterocycles. The molecule has 0 aliphatic rings. The molecule has 15 heavy (non-hydrogen) atoms. The van der Waals surface area contributed by atoms with E-state index in [0.717, 1.165) is 12.2 Å². The molecule has 0 heterocycles. The van der Waals surface area contributed by atoms with E-state index in [2.05, 4.69) is 26.1 Å². The second kappa shape index (κ2) is 4.43. The Bertz CT molecular complexity index is 329. The highest BCUT2D eigenvalue weighted by Crippen LogP contribution is 2.29. The van der Waals surface area contributed by atoms with Gasteiger partial charge in [-0.1, -0.05) is 26.8 Å². The molecule has 1 aromatic rings. The minimum Gasteiger partial charge on any atom is -0.495 e. The quantitative estimate of drug-likeness (QED) is 0.751. The van der Waals surface area contributed by atoms with Crippen molar-refractivity contribution in [1.82, 2.24) is 0 Å². The summed E-state index contributed by atoms with van der Waals surface area (Å²) in [5.74, 6) is 0.717. The van der Waals surface area contributed by atoms with E-state index in [1.807, 2.05) is 18.2 Å². The first-order valence-electron chi connectivity index (χ1n) is 5.10. The van der Waals surface area contributed by atoms with Gasteiger partial charge < -0.3 is 15.8 Å². The lowest BCUT2D eigenvalue weighted by Crippen LogP contribution is -2.19. The van der Waals surface area contributed by atoms with Crippen LogP contribution < -0.4 is 15.8 Å². The number of hydrogen-bond donors (Lipinski definition) is 2. The number of para-hydroxylation sites is 1. The SMILES string of the molecule is COc1cccc(NCC(C)(C)C)c1N. The van der Waals surface area contributed by atoms with Gasteiger partial charge in [0.2, 0.25) is 0 Å². The van der Waals surface area contributed by atoms with E-state index in [9.17, 15) is 0 Å². The van der Waals surface area contributed by atoms with Crippen LogP contribution in [0.4, 0.5) is 11.4 Å². The van der Waals surface area contributed by atoms with Crippen molar-refractivity contribution >= 4 is 11.4 Å². The van der Waals surface area contributed by atoms with Crippen LogP contribution in [0.25, 0.3) is 0 Å². The van der Waals surface area contributed by atoms with Crippen molar-refractivity contribution < 1.29 is 4.74 Å². The zero-order chi connectivity index (χ0) is 11.5. The van der Waals surface area contributed by atoms with Crippen LogP contribution in [-0.4, -0.2) is 13.7 Å². The maximum absolute atomic E-state index is 5.94. The molecule has 0 amide bonds. The highest BCUT2D eigenvalue weighted by atomic mass is 16.5. The molecule has 0 saturated carbocycles. The molecule has 0 saturated heterocycles. The van der Waals surface area contributed by atoms with Gasteiger partial charge in [-0.2, -0.15) is 0 Å². The summed E-state index contributed by atoms with van der Waals surface area (Å²) in [5.41, 5.74) is 7.77. The second-order valence-corrected chi connectivity index (χ2v) is 4.84. The average Bonchev–Trinajstić information content (AvgIpc) is 2.15. The van der Waals surface area contributed by atoms with E-state index in [1.54, 1.807) is 7.11 Å². The first-order valence-corrected chi connectivity index (χ1v) is 5.10. The predicted octanol–water partition coefficient (Wildman–Crippen LogP) is 2.74. The third kappa shape index (κ3) is 3.35. The highest BCUT2D eigenvalue weighted by Gasteiger charge is 2.11. The van der Waals surface area contributed by atoms with Crippen LogP contribution in [-0.2, 0) is 0 Å². The Balaban J connectivity index is 2.78. The number of hydrogen-bond acceptors (Lipinski definition) is 3. The van der Waals surface area contributed by atoms with Gasteiger partial charge >= 0.3 is 0 Å². The van der Waals surface area contributed by atoms with E-state index in [4.69, 9.17) is 10.5 Å². The zero-order valence-electron chi connectivity index (χ0n) is 9.92. The molecule has 0 bridgehead atoms. The van der Waals surface area contributed by atoms with Crippen LogP contribution in [0.1, 0.15) is 20.8 Å². The number of nitrogen functional groups attached to an aromatic ring is 1. The third-order valence-electron chi connectivity index (χ3n) is 2.10. The fraction of sp³-hybridized carbons (Fsp3) is 0.500. The Morgan fingerprint density at radius 3 is 2.53 bits per heavy atom. The fourth-order valence-electron chi connectivity index (χ4n) is 1.24. The van der Waals surface area contributed by atoms with Crippen molar-refractivity contribution in [2.75, 3.05) is 24.7 Å². The maximum Gasteiger partial charge on any atom is 0.143 e. The van der Waals surface area contributed by atoms with Crippen molar-refractivity contribution in [3.8, 4) is 5.75 Å². The number of benzene rings is 1. The topological polar surface area (TPSA) is 47.3 Å². The van der Waals surface area contributed by atoms with Gasteiger partial charge in [0.05, 0.1) is 18.5 Å². The summed E-state index contributed by atoms with van der Waals surface area (Å²) < 4.78 is 5.15. The van der Waals surface area contributed by atoms with Gasteiger partial charge in [0.1, 0.15) is 5.75 Å². The molecule has 0 aliphatic heterocycles. The molecule has 3 nitrogen and oxygen atoms in total. The number of anilines is 2. The molecule has 0 spiro atoms. The standard InChI is InChI=1S/C12H20N2O/c1-12(2,3)8-14-9-6-5-7-10(15-4)11(9)13/h5-7,14H,8,13H2,1-4H3. The lowest BCUT2D eigenvalue weighted by atomic mass is 9.97. The molecule has 1 rings (SSSR count). The van der Waals surface area contributed by atoms with Crippen LogP contribution in [0.2, 0.25) is 0 Å². The number of nitrogens with one attached hydrogen (secondary N) is 1. The van der Waals surface area contributed by atoms with Crippen LogP contribution in [0.15, 0.2) is 18.2 Å². The number of nitrogens with two attached hydrogens (primary N) is 1. The zero-order valence-corrected chi connectivity index (χ0v) is 9.92. The summed E-state index contributed by atoms with van der Waals surface area (Å²) in [7, 11) is 1.62. The van der Waals surface area contributed by atoms with Crippen LogP contribution in [0.5, 0.6) is 5.75 Å². The Morgan fingerprint density at radius 1 is 1.33 bits per heavy atom. The molecule has 84 valence electrons. The van der Waals surface area contributed by atoms with Gasteiger partial charge in [-0.25, -0.2) is 0 Å². The third-order valence-corrected chi connectivity index (χ3v) is 2.10. The molecule has 0 aliphatic carbocycles. The van der Waals surface area contributed by atoms with E-state index in [-0.39, 0.29) is 5.41 Å². The van der Waals surface area contributed by atoms with Gasteiger partial charge in [-0.15, -0.1) is 0 Å². The van der Waals surface area contributed by atoms with Crippen LogP contribution >= 0.6 is 0 Å². The first-order chi connectivity index (χ1) is 6.94. The molecule has 0 radical (unpaired) electrons. The molecule has 0 unspecified atom stereocenters. The van der Waals surface area contributed by atoms with E-state index >= 15 is 0 Å². The lowest BCUT2D eigenvalue weighted by molar-refractivity contribution is 0.416. The van der Waals surface area contributed by atoms with Gasteiger partial charge in [0.15, 0.2) is 0 Å². The predicted molar refractivity (Wildman–Crippen MR) is 65.4 cm³/mol. The highest BCUT2D eigenvalue weighted by molar-refractivity contribution is 5.72. The smallest absolute Gasteiger partial charge is 0.143 e. The van der Waals surface area contributed by atoms with Gasteiger partial charge in [0, 0.05) is 6.54 Å². The molecule has 0 atom stereocenters. The summed E-state index contributed by atoms with van der Waals surface area (Å²) in [6.07, 6.45) is 0. The van der Waals surface area contributed by atoms with Crippen LogP contribution in [0, 0.1) is 5.41 Å². The molecule has 3 N–H and O–H groups in total. The largest absolute Gasteiger partial charge is 0.495 e. The second-order valence-electron chi connectivity index (χ2n) is 4.84. The van der Waals surface area contributed by atoms with Crippen molar-refractivity contribution in [1.29, 1.82) is 0 Å². The Kier molecular flexibility index (Phi) is 3.45. The van der Waals surface area contributed by atoms with Gasteiger partial charge in [0.25, 0.3) is 0 Å². The molecule has 1 aromatic carbocycles. The van der Waals surface area contributed by atoms with E-state index in [1.165, 1.54) is 0 Å². The number of rotatable bonds is 3. The number of methoxy groups -OCH3 is 1. The molecular formula is C12H20N2O. The molecule has 3 heteroatoms. The normalized spacial score (nSPS) is 11.2. The minimum absolute atomic E-state index is 0.232. The monoisotopic (exact) mass is 208 g/mol. The Labute approximate surface area is 91.6 Å². The van der Waals surface area contributed by atoms with Crippen LogP contribution in [0.3, 0.4) is 0 Å². The Hall–Kier alpha value is -1.38. The molecule has 0 fully saturated rings. The van der Waals surface area contributed by atoms with Gasteiger partial charge in [-0.05, 0) is 17.5 Å². The summed E-state index contributed by atoms with van der Waals surface area (Å²) in [6.45, 7) is 7.41. The lowest BCUT2D eigenvalue weighted by Gasteiger charge is -2.21. The summed E-state index contributed by atoms with van der Waals surface area (Å²) in [4.78, 5) is 0.